The Balaban J connectivity index is 3.02. The molecule has 0 aromatic heterocycles. The molecule has 0 atom stereocenters. The Hall–Kier alpha value is -0.150. The van der Waals surface area contributed by atoms with E-state index in [1.54, 1.807) is 0 Å². The minimum Gasteiger partial charge on any atom is -0.320 e. The molecule has 1 N–H and O–H groups in total. The van der Waals surface area contributed by atoms with E-state index in [4.69, 9.17) is 0 Å². The lowest BCUT2D eigenvalue weighted by molar-refractivity contribution is 0.305. The number of nitrogens with one attached hydrogen (secondary N) is 1. The van der Waals surface area contributed by atoms with Crippen LogP contribution in [0.2, 0.25) is 0 Å². The lowest BCUT2D eigenvalue weighted by atomic mass is 10.3. The van der Waals surface area contributed by atoms with Crippen molar-refractivity contribution in [3.63, 3.8) is 0 Å². The Morgan fingerprint density at radius 3 is 2.45 bits per heavy atom. The molecular formula is C8H19FN2. The molecule has 0 saturated carbocycles. The highest BCUT2D eigenvalue weighted by molar-refractivity contribution is 4.52. The van der Waals surface area contributed by atoms with Gasteiger partial charge in [-0.25, -0.2) is 0 Å². The summed E-state index contributed by atoms with van der Waals surface area (Å²) in [5.74, 6) is 0. The largest absolute Gasteiger partial charge is 0.320 e. The second-order valence-corrected chi connectivity index (χ2v) is 2.80. The van der Waals surface area contributed by atoms with Crippen LogP contribution < -0.4 is 5.32 Å². The molecule has 0 heterocycles. The molecule has 0 unspecified atom stereocenters. The summed E-state index contributed by atoms with van der Waals surface area (Å²) in [7, 11) is 3.98. The first-order valence-electron chi connectivity index (χ1n) is 4.20. The van der Waals surface area contributed by atoms with Crippen LogP contribution in [0.4, 0.5) is 4.39 Å². The smallest absolute Gasteiger partial charge is 0.0906 e. The monoisotopic (exact) mass is 162 g/mol. The number of hydrogen-bond acceptors (Lipinski definition) is 2. The molecule has 0 saturated heterocycles. The van der Waals surface area contributed by atoms with Gasteiger partial charge in [-0.05, 0) is 40.0 Å². The third-order valence-corrected chi connectivity index (χ3v) is 1.64. The van der Waals surface area contributed by atoms with Gasteiger partial charge >= 0.3 is 0 Å². The van der Waals surface area contributed by atoms with E-state index in [-0.39, 0.29) is 6.67 Å². The Labute approximate surface area is 68.8 Å². The molecule has 3 heteroatoms. The summed E-state index contributed by atoms with van der Waals surface area (Å²) in [5.41, 5.74) is 0. The van der Waals surface area contributed by atoms with Crippen molar-refractivity contribution in [1.82, 2.24) is 10.2 Å². The van der Waals surface area contributed by atoms with Crippen LogP contribution >= 0.6 is 0 Å². The van der Waals surface area contributed by atoms with Crippen LogP contribution in [0.3, 0.4) is 0 Å². The third kappa shape index (κ3) is 7.75. The van der Waals surface area contributed by atoms with Crippen molar-refractivity contribution < 1.29 is 4.39 Å². The predicted molar refractivity (Wildman–Crippen MR) is 46.6 cm³/mol. The molecule has 0 aliphatic heterocycles. The summed E-state index contributed by atoms with van der Waals surface area (Å²) < 4.78 is 11.7. The van der Waals surface area contributed by atoms with Crippen LogP contribution in [-0.2, 0) is 0 Å². The second kappa shape index (κ2) is 7.95. The summed E-state index contributed by atoms with van der Waals surface area (Å²) in [6.07, 6.45) is 1.80. The first kappa shape index (κ1) is 10.8. The third-order valence-electron chi connectivity index (χ3n) is 1.64. The SMILES string of the molecule is CNCCCN(C)CCCF. The molecule has 0 aliphatic carbocycles. The van der Waals surface area contributed by atoms with Crippen LogP contribution in [0, 0.1) is 0 Å². The number of nitrogens with zero attached hydrogens (tertiary/aromatic N) is 1. The van der Waals surface area contributed by atoms with E-state index in [1.165, 1.54) is 0 Å². The zero-order valence-corrected chi connectivity index (χ0v) is 7.57. The fourth-order valence-corrected chi connectivity index (χ4v) is 0.967. The minimum atomic E-state index is -0.198. The Morgan fingerprint density at radius 1 is 1.27 bits per heavy atom. The van der Waals surface area contributed by atoms with E-state index in [0.717, 1.165) is 26.1 Å². The fourth-order valence-electron chi connectivity index (χ4n) is 0.967. The molecule has 0 rings (SSSR count). The topological polar surface area (TPSA) is 15.3 Å². The fraction of sp³-hybridized carbons (Fsp3) is 1.00. The molecule has 0 fully saturated rings. The predicted octanol–water partition coefficient (Wildman–Crippen LogP) is 0.887. The normalized spacial score (nSPS) is 10.9. The van der Waals surface area contributed by atoms with Gasteiger partial charge in [0.2, 0.25) is 0 Å². The van der Waals surface area contributed by atoms with E-state index < -0.39 is 0 Å². The van der Waals surface area contributed by atoms with Crippen molar-refractivity contribution in [2.45, 2.75) is 12.8 Å². The molecular weight excluding hydrogens is 143 g/mol. The summed E-state index contributed by atoms with van der Waals surface area (Å²) in [5, 5.41) is 3.08. The van der Waals surface area contributed by atoms with E-state index in [0.29, 0.717) is 6.42 Å². The van der Waals surface area contributed by atoms with E-state index >= 15 is 0 Å². The van der Waals surface area contributed by atoms with Crippen LogP contribution in [0.5, 0.6) is 0 Å². The Morgan fingerprint density at radius 2 is 1.91 bits per heavy atom. The summed E-state index contributed by atoms with van der Waals surface area (Å²) in [6, 6.07) is 0. The average Bonchev–Trinajstić information content (AvgIpc) is 2.01. The van der Waals surface area contributed by atoms with Crippen molar-refractivity contribution in [3.8, 4) is 0 Å². The maximum absolute atomic E-state index is 11.7. The Bertz CT molecular complexity index is 78.5. The van der Waals surface area contributed by atoms with Gasteiger partial charge in [0.15, 0.2) is 0 Å². The number of alkyl halides is 1. The molecule has 68 valence electrons. The molecule has 0 aromatic carbocycles. The molecule has 0 bridgehead atoms. The van der Waals surface area contributed by atoms with Crippen LogP contribution in [0.15, 0.2) is 0 Å². The van der Waals surface area contributed by atoms with Crippen molar-refractivity contribution in [3.05, 3.63) is 0 Å². The van der Waals surface area contributed by atoms with Gasteiger partial charge in [-0.1, -0.05) is 0 Å². The maximum Gasteiger partial charge on any atom is 0.0906 e. The van der Waals surface area contributed by atoms with E-state index in [1.807, 2.05) is 14.1 Å². The van der Waals surface area contributed by atoms with Crippen LogP contribution in [0.25, 0.3) is 0 Å². The minimum absolute atomic E-state index is 0.198. The lowest BCUT2D eigenvalue weighted by Crippen LogP contribution is -2.24. The standard InChI is InChI=1S/C8H19FN2/c1-10-6-4-8-11(2)7-3-5-9/h10H,3-8H2,1-2H3. The quantitative estimate of drug-likeness (QED) is 0.559. The zero-order chi connectivity index (χ0) is 8.53. The molecule has 0 spiro atoms. The van der Waals surface area contributed by atoms with Gasteiger partial charge in [0, 0.05) is 6.54 Å². The maximum atomic E-state index is 11.7. The molecule has 2 nitrogen and oxygen atoms in total. The van der Waals surface area contributed by atoms with E-state index in [9.17, 15) is 4.39 Å². The van der Waals surface area contributed by atoms with Crippen LogP contribution in [-0.4, -0.2) is 45.3 Å². The van der Waals surface area contributed by atoms with Gasteiger partial charge in [-0.15, -0.1) is 0 Å². The number of halogens is 1. The number of rotatable bonds is 7. The Kier molecular flexibility index (Phi) is 7.84. The van der Waals surface area contributed by atoms with Crippen LogP contribution in [0.1, 0.15) is 12.8 Å². The summed E-state index contributed by atoms with van der Waals surface area (Å²) in [4.78, 5) is 2.16. The summed E-state index contributed by atoms with van der Waals surface area (Å²) in [6.45, 7) is 2.78. The highest BCUT2D eigenvalue weighted by atomic mass is 19.1. The average molecular weight is 162 g/mol. The molecule has 0 radical (unpaired) electrons. The first-order valence-corrected chi connectivity index (χ1v) is 4.20. The lowest BCUT2D eigenvalue weighted by Gasteiger charge is -2.14. The van der Waals surface area contributed by atoms with Crippen molar-refractivity contribution in [2.24, 2.45) is 0 Å². The highest BCUT2D eigenvalue weighted by Gasteiger charge is 1.95. The first-order chi connectivity index (χ1) is 5.31. The zero-order valence-electron chi connectivity index (χ0n) is 7.57. The van der Waals surface area contributed by atoms with Crippen molar-refractivity contribution in [2.75, 3.05) is 40.4 Å². The van der Waals surface area contributed by atoms with Crippen molar-refractivity contribution in [1.29, 1.82) is 0 Å². The van der Waals surface area contributed by atoms with Gasteiger partial charge in [-0.2, -0.15) is 0 Å². The number of hydrogen-bond donors (Lipinski definition) is 1. The molecule has 0 aliphatic rings. The second-order valence-electron chi connectivity index (χ2n) is 2.80. The molecule has 0 aromatic rings. The van der Waals surface area contributed by atoms with E-state index in [2.05, 4.69) is 10.2 Å². The summed E-state index contributed by atoms with van der Waals surface area (Å²) >= 11 is 0. The van der Waals surface area contributed by atoms with Gasteiger partial charge in [0.1, 0.15) is 0 Å². The highest BCUT2D eigenvalue weighted by Crippen LogP contribution is 1.89. The van der Waals surface area contributed by atoms with Gasteiger partial charge in [0.25, 0.3) is 0 Å². The molecule has 0 amide bonds. The van der Waals surface area contributed by atoms with Crippen molar-refractivity contribution >= 4 is 0 Å². The van der Waals surface area contributed by atoms with Gasteiger partial charge < -0.3 is 10.2 Å². The van der Waals surface area contributed by atoms with Gasteiger partial charge in [0.05, 0.1) is 6.67 Å². The van der Waals surface area contributed by atoms with Gasteiger partial charge in [-0.3, -0.25) is 4.39 Å². The molecule has 11 heavy (non-hydrogen) atoms.